The zero-order chi connectivity index (χ0) is 8.81. The summed E-state index contributed by atoms with van der Waals surface area (Å²) in [6.45, 7) is 2.20. The van der Waals surface area contributed by atoms with Crippen LogP contribution in [0.5, 0.6) is 0 Å². The first-order chi connectivity index (χ1) is 5.88. The van der Waals surface area contributed by atoms with Crippen molar-refractivity contribution in [1.29, 1.82) is 0 Å². The normalized spacial score (nSPS) is 22.4. The highest BCUT2D eigenvalue weighted by Gasteiger charge is 2.20. The molecule has 0 aromatic carbocycles. The molecule has 0 spiro atoms. The molecule has 0 amide bonds. The van der Waals surface area contributed by atoms with Gasteiger partial charge in [-0.15, -0.1) is 23.2 Å². The third-order valence-corrected chi connectivity index (χ3v) is 3.34. The molecule has 12 heavy (non-hydrogen) atoms. The maximum Gasteiger partial charge on any atom is 0.238 e. The summed E-state index contributed by atoms with van der Waals surface area (Å²) < 4.78 is 11.7. The van der Waals surface area contributed by atoms with Gasteiger partial charge in [-0.1, -0.05) is 0 Å². The van der Waals surface area contributed by atoms with Crippen molar-refractivity contribution in [2.45, 2.75) is 0 Å². The molecule has 1 aliphatic heterocycles. The monoisotopic (exact) mass is 228 g/mol. The molecule has 1 aliphatic rings. The first-order valence-corrected chi connectivity index (χ1v) is 5.94. The first-order valence-electron chi connectivity index (χ1n) is 3.70. The maximum atomic E-state index is 5.63. The number of alkyl halides is 2. The Morgan fingerprint density at radius 3 is 2.50 bits per heavy atom. The van der Waals surface area contributed by atoms with Gasteiger partial charge in [0.1, 0.15) is 0 Å². The lowest BCUT2D eigenvalue weighted by molar-refractivity contribution is 0.371. The average molecular weight is 229 g/mol. The fourth-order valence-electron chi connectivity index (χ4n) is 0.869. The van der Waals surface area contributed by atoms with E-state index in [4.69, 9.17) is 27.7 Å². The van der Waals surface area contributed by atoms with Gasteiger partial charge in [-0.2, -0.15) is 0 Å². The largest absolute Gasteiger partial charge is 0.320 e. The van der Waals surface area contributed by atoms with Gasteiger partial charge in [0.15, 0.2) is 0 Å². The van der Waals surface area contributed by atoms with Gasteiger partial charge in [-0.25, -0.2) is 9.43 Å². The van der Waals surface area contributed by atoms with Crippen molar-refractivity contribution < 1.29 is 4.52 Å². The molecule has 3 nitrogen and oxygen atoms in total. The molecule has 0 fully saturated rings. The zero-order valence-corrected chi connectivity index (χ0v) is 9.02. The fourth-order valence-corrected chi connectivity index (χ4v) is 2.84. The summed E-state index contributed by atoms with van der Waals surface area (Å²) in [5, 5.41) is 0. The summed E-state index contributed by atoms with van der Waals surface area (Å²) in [5.74, 6) is 1.18. The summed E-state index contributed by atoms with van der Waals surface area (Å²) >= 11 is 11.3. The summed E-state index contributed by atoms with van der Waals surface area (Å²) in [5.41, 5.74) is 0. The van der Waals surface area contributed by atoms with Crippen LogP contribution in [0.3, 0.4) is 0 Å². The molecule has 6 heteroatoms. The highest BCUT2D eigenvalue weighted by molar-refractivity contribution is 7.49. The predicted octanol–water partition coefficient (Wildman–Crippen LogP) is 2.09. The molecule has 0 N–H and O–H groups in total. The highest BCUT2D eigenvalue weighted by atomic mass is 35.5. The minimum atomic E-state index is -0.786. The van der Waals surface area contributed by atoms with Crippen molar-refractivity contribution in [3.05, 3.63) is 0 Å². The second kappa shape index (κ2) is 6.11. The van der Waals surface area contributed by atoms with Crippen molar-refractivity contribution in [1.82, 2.24) is 4.67 Å². The number of rotatable bonds is 5. The molecule has 0 saturated heterocycles. The number of nitrogens with zero attached hydrogens (tertiary/aromatic N) is 2. The number of hydrogen-bond acceptors (Lipinski definition) is 3. The van der Waals surface area contributed by atoms with Crippen molar-refractivity contribution >= 4 is 37.9 Å². The smallest absolute Gasteiger partial charge is 0.238 e. The fraction of sp³-hybridized carbons (Fsp3) is 0.833. The van der Waals surface area contributed by atoms with Crippen molar-refractivity contribution in [3.63, 3.8) is 0 Å². The third-order valence-electron chi connectivity index (χ3n) is 1.37. The standard InChI is InChI=1S/C6H11Cl2N2OP/c7-1-4-10(5-2-8)12-9-3-6-11-12/h3H,1-2,4-6H2/t12-/m1/s1. The molecule has 1 heterocycles. The Morgan fingerprint density at radius 1 is 1.42 bits per heavy atom. The van der Waals surface area contributed by atoms with Gasteiger partial charge in [0.05, 0.1) is 6.61 Å². The Hall–Kier alpha value is 0.600. The van der Waals surface area contributed by atoms with Gasteiger partial charge in [-0.3, -0.25) is 0 Å². The molecule has 0 aliphatic carbocycles. The lowest BCUT2D eigenvalue weighted by atomic mass is 10.6. The second-order valence-electron chi connectivity index (χ2n) is 2.18. The maximum absolute atomic E-state index is 5.63. The minimum Gasteiger partial charge on any atom is -0.320 e. The SMILES string of the molecule is ClCCN(CCCl)[P@@]1N=CCO1. The van der Waals surface area contributed by atoms with Crippen LogP contribution in [0.4, 0.5) is 0 Å². The molecular weight excluding hydrogens is 218 g/mol. The van der Waals surface area contributed by atoms with Crippen LogP contribution in [-0.2, 0) is 4.52 Å². The number of halogens is 2. The summed E-state index contributed by atoms with van der Waals surface area (Å²) in [7, 11) is -0.786. The topological polar surface area (TPSA) is 24.8 Å². The van der Waals surface area contributed by atoms with Crippen LogP contribution in [-0.4, -0.2) is 42.3 Å². The molecule has 0 unspecified atom stereocenters. The van der Waals surface area contributed by atoms with Gasteiger partial charge in [0.25, 0.3) is 0 Å². The Labute approximate surface area is 83.6 Å². The van der Waals surface area contributed by atoms with Crippen LogP contribution in [0.15, 0.2) is 4.76 Å². The van der Waals surface area contributed by atoms with Gasteiger partial charge in [0, 0.05) is 31.1 Å². The third kappa shape index (κ3) is 3.15. The minimum absolute atomic E-state index is 0.592. The molecule has 0 aromatic rings. The van der Waals surface area contributed by atoms with Crippen molar-refractivity contribution in [2.75, 3.05) is 31.5 Å². The van der Waals surface area contributed by atoms with Crippen LogP contribution < -0.4 is 0 Å². The average Bonchev–Trinajstić information content (AvgIpc) is 2.56. The van der Waals surface area contributed by atoms with Gasteiger partial charge < -0.3 is 4.52 Å². The molecule has 70 valence electrons. The lowest BCUT2D eigenvalue weighted by Gasteiger charge is -2.22. The van der Waals surface area contributed by atoms with E-state index in [1.54, 1.807) is 6.21 Å². The Morgan fingerprint density at radius 2 is 2.08 bits per heavy atom. The zero-order valence-electron chi connectivity index (χ0n) is 6.62. The Balaban J connectivity index is 2.34. The molecule has 0 bridgehead atoms. The van der Waals surface area contributed by atoms with E-state index in [1.807, 2.05) is 0 Å². The molecule has 1 rings (SSSR count). The Bertz CT molecular complexity index is 152. The van der Waals surface area contributed by atoms with E-state index in [0.717, 1.165) is 13.1 Å². The van der Waals surface area contributed by atoms with Crippen molar-refractivity contribution in [2.24, 2.45) is 4.76 Å². The molecule has 0 saturated carbocycles. The second-order valence-corrected chi connectivity index (χ2v) is 4.49. The first kappa shape index (κ1) is 10.7. The summed E-state index contributed by atoms with van der Waals surface area (Å²) in [4.78, 5) is 0. The van der Waals surface area contributed by atoms with Crippen LogP contribution >= 0.6 is 31.7 Å². The molecule has 0 aromatic heterocycles. The number of hydrogen-bond donors (Lipinski definition) is 0. The summed E-state index contributed by atoms with van der Waals surface area (Å²) in [6, 6.07) is 0. The van der Waals surface area contributed by atoms with E-state index < -0.39 is 8.45 Å². The quantitative estimate of drug-likeness (QED) is 0.532. The van der Waals surface area contributed by atoms with Gasteiger partial charge >= 0.3 is 0 Å². The van der Waals surface area contributed by atoms with Crippen molar-refractivity contribution in [3.8, 4) is 0 Å². The molecular formula is C6H11Cl2N2OP. The highest BCUT2D eigenvalue weighted by Crippen LogP contribution is 2.44. The van der Waals surface area contributed by atoms with E-state index in [-0.39, 0.29) is 0 Å². The van der Waals surface area contributed by atoms with E-state index in [1.165, 1.54) is 0 Å². The summed E-state index contributed by atoms with van der Waals surface area (Å²) in [6.07, 6.45) is 1.79. The lowest BCUT2D eigenvalue weighted by Crippen LogP contribution is -2.22. The Kier molecular flexibility index (Phi) is 5.44. The van der Waals surface area contributed by atoms with E-state index >= 15 is 0 Å². The van der Waals surface area contributed by atoms with Gasteiger partial charge in [-0.05, 0) is 0 Å². The molecule has 0 radical (unpaired) electrons. The van der Waals surface area contributed by atoms with Crippen LogP contribution in [0.25, 0.3) is 0 Å². The van der Waals surface area contributed by atoms with E-state index in [0.29, 0.717) is 18.4 Å². The van der Waals surface area contributed by atoms with E-state index in [2.05, 4.69) is 9.43 Å². The van der Waals surface area contributed by atoms with Crippen LogP contribution in [0.1, 0.15) is 0 Å². The van der Waals surface area contributed by atoms with Crippen LogP contribution in [0, 0.1) is 0 Å². The molecule has 1 atom stereocenters. The predicted molar refractivity (Wildman–Crippen MR) is 54.4 cm³/mol. The van der Waals surface area contributed by atoms with E-state index in [9.17, 15) is 0 Å². The van der Waals surface area contributed by atoms with Gasteiger partial charge in [0.2, 0.25) is 8.45 Å². The van der Waals surface area contributed by atoms with Crippen LogP contribution in [0.2, 0.25) is 0 Å².